The number of benzene rings is 1. The topological polar surface area (TPSA) is 29.9 Å². The highest BCUT2D eigenvalue weighted by molar-refractivity contribution is 5.54. The van der Waals surface area contributed by atoms with Gasteiger partial charge in [-0.25, -0.2) is 0 Å². The molecule has 1 aromatic heterocycles. The second-order valence-electron chi connectivity index (χ2n) is 6.36. The van der Waals surface area contributed by atoms with Crippen molar-refractivity contribution in [1.29, 1.82) is 0 Å². The van der Waals surface area contributed by atoms with Gasteiger partial charge < -0.3 is 5.32 Å². The zero-order valence-corrected chi connectivity index (χ0v) is 14.0. The van der Waals surface area contributed by atoms with Crippen LogP contribution in [0.4, 0.5) is 5.69 Å². The predicted octanol–water partition coefficient (Wildman–Crippen LogP) is 4.89. The smallest absolute Gasteiger partial charge is 0.0828 e. The first-order valence-electron chi connectivity index (χ1n) is 7.79. The van der Waals surface area contributed by atoms with Gasteiger partial charge in [-0.1, -0.05) is 44.2 Å². The van der Waals surface area contributed by atoms with E-state index >= 15 is 0 Å². The minimum Gasteiger partial charge on any atom is -0.375 e. The molecule has 0 aliphatic rings. The average Bonchev–Trinajstić information content (AvgIpc) is 2.72. The number of aromatic nitrogens is 2. The van der Waals surface area contributed by atoms with E-state index in [2.05, 4.69) is 87.0 Å². The number of hydrogen-bond acceptors (Lipinski definition) is 2. The fourth-order valence-electron chi connectivity index (χ4n) is 2.83. The largest absolute Gasteiger partial charge is 0.375 e. The van der Waals surface area contributed by atoms with Gasteiger partial charge >= 0.3 is 0 Å². The highest BCUT2D eigenvalue weighted by atomic mass is 15.3. The summed E-state index contributed by atoms with van der Waals surface area (Å²) < 4.78 is 2.10. The molecule has 0 spiro atoms. The van der Waals surface area contributed by atoms with Gasteiger partial charge in [0.2, 0.25) is 0 Å². The van der Waals surface area contributed by atoms with Gasteiger partial charge in [-0.3, -0.25) is 4.68 Å². The van der Waals surface area contributed by atoms with Gasteiger partial charge in [0.25, 0.3) is 0 Å². The SMILES string of the molecule is Cc1nn(C(C)C)c(C)c1NC(c1ccccc1)C(C)C. The Morgan fingerprint density at radius 3 is 2.10 bits per heavy atom. The highest BCUT2D eigenvalue weighted by Crippen LogP contribution is 2.30. The van der Waals surface area contributed by atoms with Crippen LogP contribution in [0.5, 0.6) is 0 Å². The van der Waals surface area contributed by atoms with Gasteiger partial charge in [-0.05, 0) is 39.2 Å². The molecule has 1 heterocycles. The Morgan fingerprint density at radius 2 is 1.62 bits per heavy atom. The number of nitrogens with one attached hydrogen (secondary N) is 1. The first kappa shape index (κ1) is 15.6. The third-order valence-electron chi connectivity index (χ3n) is 3.94. The summed E-state index contributed by atoms with van der Waals surface area (Å²) in [5, 5.41) is 8.39. The molecule has 1 unspecified atom stereocenters. The summed E-state index contributed by atoms with van der Waals surface area (Å²) >= 11 is 0. The summed E-state index contributed by atoms with van der Waals surface area (Å²) in [6.07, 6.45) is 0. The molecule has 0 bridgehead atoms. The molecule has 0 aliphatic heterocycles. The minimum atomic E-state index is 0.299. The number of rotatable bonds is 5. The van der Waals surface area contributed by atoms with Crippen LogP contribution in [0.2, 0.25) is 0 Å². The van der Waals surface area contributed by atoms with Crippen LogP contribution >= 0.6 is 0 Å². The first-order chi connectivity index (χ1) is 9.91. The van der Waals surface area contributed by atoms with Gasteiger partial charge in [0.1, 0.15) is 0 Å². The van der Waals surface area contributed by atoms with E-state index in [1.807, 2.05) is 0 Å². The van der Waals surface area contributed by atoms with Crippen LogP contribution in [0.3, 0.4) is 0 Å². The van der Waals surface area contributed by atoms with Crippen molar-refractivity contribution in [2.45, 2.75) is 53.6 Å². The summed E-state index contributed by atoms with van der Waals surface area (Å²) in [4.78, 5) is 0. The van der Waals surface area contributed by atoms with E-state index in [0.717, 1.165) is 5.69 Å². The normalized spacial score (nSPS) is 13.0. The van der Waals surface area contributed by atoms with E-state index in [1.165, 1.54) is 16.9 Å². The molecule has 0 aliphatic carbocycles. The molecule has 1 atom stereocenters. The lowest BCUT2D eigenvalue weighted by Gasteiger charge is -2.24. The molecule has 1 N–H and O–H groups in total. The monoisotopic (exact) mass is 285 g/mol. The van der Waals surface area contributed by atoms with Crippen molar-refractivity contribution in [3.8, 4) is 0 Å². The van der Waals surface area contributed by atoms with Crippen LogP contribution in [-0.4, -0.2) is 9.78 Å². The molecular weight excluding hydrogens is 258 g/mol. The van der Waals surface area contributed by atoms with Crippen molar-refractivity contribution in [3.63, 3.8) is 0 Å². The third-order valence-corrected chi connectivity index (χ3v) is 3.94. The quantitative estimate of drug-likeness (QED) is 0.847. The van der Waals surface area contributed by atoms with Crippen LogP contribution in [0.15, 0.2) is 30.3 Å². The Morgan fingerprint density at radius 1 is 1.00 bits per heavy atom. The summed E-state index contributed by atoms with van der Waals surface area (Å²) in [6.45, 7) is 13.1. The van der Waals surface area contributed by atoms with Gasteiger partial charge in [0.05, 0.1) is 23.1 Å². The third kappa shape index (κ3) is 3.29. The van der Waals surface area contributed by atoms with E-state index in [-0.39, 0.29) is 0 Å². The van der Waals surface area contributed by atoms with E-state index in [9.17, 15) is 0 Å². The van der Waals surface area contributed by atoms with Gasteiger partial charge in [-0.2, -0.15) is 5.10 Å². The second kappa shape index (κ2) is 6.33. The fourth-order valence-corrected chi connectivity index (χ4v) is 2.83. The molecule has 21 heavy (non-hydrogen) atoms. The van der Waals surface area contributed by atoms with Crippen molar-refractivity contribution >= 4 is 5.69 Å². The predicted molar refractivity (Wildman–Crippen MR) is 89.7 cm³/mol. The Balaban J connectivity index is 2.35. The average molecular weight is 285 g/mol. The number of nitrogens with zero attached hydrogens (tertiary/aromatic N) is 2. The molecule has 3 nitrogen and oxygen atoms in total. The molecule has 3 heteroatoms. The summed E-state index contributed by atoms with van der Waals surface area (Å²) in [5.41, 5.74) is 4.78. The molecule has 0 radical (unpaired) electrons. The second-order valence-corrected chi connectivity index (χ2v) is 6.36. The zero-order valence-electron chi connectivity index (χ0n) is 14.0. The van der Waals surface area contributed by atoms with Gasteiger partial charge in [0.15, 0.2) is 0 Å². The van der Waals surface area contributed by atoms with E-state index in [0.29, 0.717) is 18.0 Å². The lowest BCUT2D eigenvalue weighted by molar-refractivity contribution is 0.515. The van der Waals surface area contributed by atoms with E-state index < -0.39 is 0 Å². The minimum absolute atomic E-state index is 0.299. The fraction of sp³-hybridized carbons (Fsp3) is 0.500. The standard InChI is InChI=1S/C18H27N3/c1-12(2)17(16-10-8-7-9-11-16)19-18-14(5)20-21(13(3)4)15(18)6/h7-13,17,19H,1-6H3. The summed E-state index contributed by atoms with van der Waals surface area (Å²) in [5.74, 6) is 0.508. The van der Waals surface area contributed by atoms with Crippen LogP contribution in [0.1, 0.15) is 56.7 Å². The number of hydrogen-bond donors (Lipinski definition) is 1. The lowest BCUT2D eigenvalue weighted by atomic mass is 9.95. The van der Waals surface area contributed by atoms with Crippen LogP contribution in [0, 0.1) is 19.8 Å². The van der Waals surface area contributed by atoms with Gasteiger partial charge in [-0.15, -0.1) is 0 Å². The number of anilines is 1. The van der Waals surface area contributed by atoms with Crippen molar-refractivity contribution < 1.29 is 0 Å². The maximum Gasteiger partial charge on any atom is 0.0828 e. The van der Waals surface area contributed by atoms with Crippen LogP contribution in [-0.2, 0) is 0 Å². The van der Waals surface area contributed by atoms with Crippen molar-refractivity contribution in [1.82, 2.24) is 9.78 Å². The maximum absolute atomic E-state index is 4.67. The molecule has 0 amide bonds. The van der Waals surface area contributed by atoms with Crippen LogP contribution < -0.4 is 5.32 Å². The highest BCUT2D eigenvalue weighted by Gasteiger charge is 2.20. The Kier molecular flexibility index (Phi) is 4.71. The van der Waals surface area contributed by atoms with Crippen molar-refractivity contribution in [3.05, 3.63) is 47.3 Å². The first-order valence-corrected chi connectivity index (χ1v) is 7.79. The Bertz CT molecular complexity index is 582. The summed E-state index contributed by atoms with van der Waals surface area (Å²) in [7, 11) is 0. The molecule has 1 aromatic carbocycles. The zero-order chi connectivity index (χ0) is 15.6. The van der Waals surface area contributed by atoms with E-state index in [4.69, 9.17) is 0 Å². The number of aryl methyl sites for hydroxylation is 1. The van der Waals surface area contributed by atoms with Crippen molar-refractivity contribution in [2.75, 3.05) is 5.32 Å². The maximum atomic E-state index is 4.67. The van der Waals surface area contributed by atoms with Crippen LogP contribution in [0.25, 0.3) is 0 Å². The molecule has 0 saturated carbocycles. The Labute approximate surface area is 128 Å². The molecule has 2 rings (SSSR count). The molecule has 0 saturated heterocycles. The molecule has 114 valence electrons. The molecule has 0 fully saturated rings. The van der Waals surface area contributed by atoms with Crippen molar-refractivity contribution in [2.24, 2.45) is 5.92 Å². The molecule has 2 aromatic rings. The Hall–Kier alpha value is -1.77. The summed E-state index contributed by atoms with van der Waals surface area (Å²) in [6, 6.07) is 11.3. The van der Waals surface area contributed by atoms with E-state index in [1.54, 1.807) is 0 Å². The van der Waals surface area contributed by atoms with Gasteiger partial charge in [0, 0.05) is 6.04 Å². The molecular formula is C18H27N3. The lowest BCUT2D eigenvalue weighted by Crippen LogP contribution is -2.17.